The fourth-order valence-corrected chi connectivity index (χ4v) is 3.69. The van der Waals surface area contributed by atoms with Crippen LogP contribution >= 0.6 is 0 Å². The predicted molar refractivity (Wildman–Crippen MR) is 121 cm³/mol. The molecule has 0 aliphatic carbocycles. The van der Waals surface area contributed by atoms with Crippen LogP contribution in [0.3, 0.4) is 0 Å². The van der Waals surface area contributed by atoms with Crippen LogP contribution < -0.4 is 9.47 Å². The maximum Gasteiger partial charge on any atom is 0.260 e. The first-order valence-electron chi connectivity index (χ1n) is 10.7. The first kappa shape index (κ1) is 21.5. The highest BCUT2D eigenvalue weighted by molar-refractivity contribution is 5.83. The Balaban J connectivity index is 1.18. The van der Waals surface area contributed by atoms with Gasteiger partial charge in [-0.05, 0) is 35.0 Å². The van der Waals surface area contributed by atoms with Crippen LogP contribution in [0.25, 0.3) is 10.8 Å². The Morgan fingerprint density at radius 1 is 0.781 bits per heavy atom. The lowest BCUT2D eigenvalue weighted by molar-refractivity contribution is -0.141. The fraction of sp³-hybridized carbons (Fsp3) is 0.280. The lowest BCUT2D eigenvalue weighted by Gasteiger charge is -2.34. The normalized spacial score (nSPS) is 13.8. The largest absolute Gasteiger partial charge is 0.504 e. The van der Waals surface area contributed by atoms with Gasteiger partial charge in [0.05, 0.1) is 13.0 Å². The molecular formula is C25H26N2O5. The number of para-hydroxylation sites is 2. The first-order valence-corrected chi connectivity index (χ1v) is 10.7. The molecule has 1 N–H and O–H groups in total. The smallest absolute Gasteiger partial charge is 0.260 e. The van der Waals surface area contributed by atoms with Gasteiger partial charge in [0.15, 0.2) is 18.1 Å². The van der Waals surface area contributed by atoms with E-state index in [2.05, 4.69) is 0 Å². The van der Waals surface area contributed by atoms with Crippen molar-refractivity contribution in [2.45, 2.75) is 6.42 Å². The highest BCUT2D eigenvalue weighted by Gasteiger charge is 2.24. The Bertz CT molecular complexity index is 1090. The molecule has 32 heavy (non-hydrogen) atoms. The van der Waals surface area contributed by atoms with Gasteiger partial charge in [-0.3, -0.25) is 9.59 Å². The van der Waals surface area contributed by atoms with Crippen LogP contribution in [0, 0.1) is 0 Å². The molecule has 1 saturated heterocycles. The molecule has 0 radical (unpaired) electrons. The molecule has 0 unspecified atom stereocenters. The molecule has 0 spiro atoms. The van der Waals surface area contributed by atoms with E-state index in [0.717, 1.165) is 16.5 Å². The van der Waals surface area contributed by atoms with Crippen molar-refractivity contribution >= 4 is 22.6 Å². The summed E-state index contributed by atoms with van der Waals surface area (Å²) in [6, 6.07) is 20.5. The van der Waals surface area contributed by atoms with Gasteiger partial charge in [0, 0.05) is 26.2 Å². The number of benzene rings is 3. The van der Waals surface area contributed by atoms with Crippen LogP contribution in [0.2, 0.25) is 0 Å². The summed E-state index contributed by atoms with van der Waals surface area (Å²) in [5.74, 6) is 0.877. The van der Waals surface area contributed by atoms with Crippen LogP contribution in [0.15, 0.2) is 66.7 Å². The molecule has 1 heterocycles. The van der Waals surface area contributed by atoms with Crippen molar-refractivity contribution in [1.29, 1.82) is 0 Å². The maximum atomic E-state index is 12.5. The second-order valence-electron chi connectivity index (χ2n) is 7.63. The number of fused-ring (bicyclic) bond motifs is 1. The molecule has 1 fully saturated rings. The van der Waals surface area contributed by atoms with Crippen molar-refractivity contribution in [2.75, 3.05) is 39.4 Å². The molecule has 3 aromatic carbocycles. The Hall–Kier alpha value is -3.74. The number of ether oxygens (including phenoxy) is 2. The molecule has 0 atom stereocenters. The topological polar surface area (TPSA) is 79.3 Å². The van der Waals surface area contributed by atoms with Crippen molar-refractivity contribution in [3.05, 3.63) is 66.7 Å². The van der Waals surface area contributed by atoms with E-state index in [4.69, 9.17) is 9.47 Å². The van der Waals surface area contributed by atoms with Gasteiger partial charge >= 0.3 is 0 Å². The molecule has 3 aromatic rings. The summed E-state index contributed by atoms with van der Waals surface area (Å²) in [4.78, 5) is 28.3. The van der Waals surface area contributed by atoms with Crippen molar-refractivity contribution < 1.29 is 24.2 Å². The summed E-state index contributed by atoms with van der Waals surface area (Å²) < 4.78 is 11.2. The SMILES string of the molecule is O=C(CCOc1ccc2ccccc2c1)N1CCN(C(=O)COc2ccccc2O)CC1. The third kappa shape index (κ3) is 5.29. The molecule has 1 aliphatic rings. The van der Waals surface area contributed by atoms with Crippen molar-refractivity contribution in [3.8, 4) is 17.2 Å². The van der Waals surface area contributed by atoms with Crippen LogP contribution in [-0.4, -0.2) is 66.1 Å². The van der Waals surface area contributed by atoms with Crippen LogP contribution in [0.1, 0.15) is 6.42 Å². The van der Waals surface area contributed by atoms with Crippen LogP contribution in [0.5, 0.6) is 17.2 Å². The monoisotopic (exact) mass is 434 g/mol. The number of piperazine rings is 1. The van der Waals surface area contributed by atoms with E-state index >= 15 is 0 Å². The number of amides is 2. The molecule has 2 amide bonds. The molecule has 0 aromatic heterocycles. The molecule has 7 nitrogen and oxygen atoms in total. The van der Waals surface area contributed by atoms with E-state index in [0.29, 0.717) is 32.8 Å². The lowest BCUT2D eigenvalue weighted by Crippen LogP contribution is -2.51. The number of phenols is 1. The minimum absolute atomic E-state index is 0.00150. The Kier molecular flexibility index (Phi) is 6.75. The predicted octanol–water partition coefficient (Wildman–Crippen LogP) is 3.06. The van der Waals surface area contributed by atoms with Crippen molar-refractivity contribution in [3.63, 3.8) is 0 Å². The van der Waals surface area contributed by atoms with Crippen molar-refractivity contribution in [2.24, 2.45) is 0 Å². The van der Waals surface area contributed by atoms with Crippen molar-refractivity contribution in [1.82, 2.24) is 9.80 Å². The molecule has 0 saturated carbocycles. The van der Waals surface area contributed by atoms with Gasteiger partial charge < -0.3 is 24.4 Å². The Morgan fingerprint density at radius 3 is 2.19 bits per heavy atom. The van der Waals surface area contributed by atoms with E-state index < -0.39 is 0 Å². The highest BCUT2D eigenvalue weighted by Crippen LogP contribution is 2.24. The van der Waals surface area contributed by atoms with Crippen LogP contribution in [0.4, 0.5) is 0 Å². The average molecular weight is 434 g/mol. The zero-order valence-corrected chi connectivity index (χ0v) is 17.8. The average Bonchev–Trinajstić information content (AvgIpc) is 2.83. The number of hydrogen-bond donors (Lipinski definition) is 1. The number of carbonyl (C=O) groups excluding carboxylic acids is 2. The van der Waals surface area contributed by atoms with Gasteiger partial charge in [0.1, 0.15) is 5.75 Å². The molecule has 0 bridgehead atoms. The third-order valence-corrected chi connectivity index (χ3v) is 5.51. The van der Waals surface area contributed by atoms with Gasteiger partial charge in [-0.25, -0.2) is 0 Å². The van der Waals surface area contributed by atoms with E-state index in [1.54, 1.807) is 28.0 Å². The fourth-order valence-electron chi connectivity index (χ4n) is 3.69. The van der Waals surface area contributed by atoms with E-state index in [1.807, 2.05) is 42.5 Å². The number of phenolic OH excluding ortho intramolecular Hbond substituents is 1. The minimum atomic E-state index is -0.167. The molecule has 4 rings (SSSR count). The number of nitrogens with zero attached hydrogens (tertiary/aromatic N) is 2. The third-order valence-electron chi connectivity index (χ3n) is 5.51. The summed E-state index contributed by atoms with van der Waals surface area (Å²) in [5.41, 5.74) is 0. The maximum absolute atomic E-state index is 12.5. The number of rotatable bonds is 7. The second kappa shape index (κ2) is 10.0. The van der Waals surface area contributed by atoms with Crippen LogP contribution in [-0.2, 0) is 9.59 Å². The van der Waals surface area contributed by atoms with E-state index in [1.165, 1.54) is 6.07 Å². The van der Waals surface area contributed by atoms with Gasteiger partial charge in [-0.2, -0.15) is 0 Å². The van der Waals surface area contributed by atoms with E-state index in [-0.39, 0.29) is 36.3 Å². The van der Waals surface area contributed by atoms with Gasteiger partial charge in [0.25, 0.3) is 5.91 Å². The molecule has 166 valence electrons. The Morgan fingerprint density at radius 2 is 1.44 bits per heavy atom. The zero-order valence-electron chi connectivity index (χ0n) is 17.8. The van der Waals surface area contributed by atoms with Gasteiger partial charge in [0.2, 0.25) is 5.91 Å². The number of carbonyl (C=O) groups is 2. The molecular weight excluding hydrogens is 408 g/mol. The zero-order chi connectivity index (χ0) is 22.3. The molecule has 7 heteroatoms. The van der Waals surface area contributed by atoms with E-state index in [9.17, 15) is 14.7 Å². The number of aromatic hydroxyl groups is 1. The number of hydrogen-bond acceptors (Lipinski definition) is 5. The summed E-state index contributed by atoms with van der Waals surface area (Å²) in [6.07, 6.45) is 0.289. The van der Waals surface area contributed by atoms with Gasteiger partial charge in [-0.15, -0.1) is 0 Å². The quantitative estimate of drug-likeness (QED) is 0.618. The second-order valence-corrected chi connectivity index (χ2v) is 7.63. The van der Waals surface area contributed by atoms with Gasteiger partial charge in [-0.1, -0.05) is 42.5 Å². The molecule has 1 aliphatic heterocycles. The minimum Gasteiger partial charge on any atom is -0.504 e. The summed E-state index contributed by atoms with van der Waals surface area (Å²) in [7, 11) is 0. The summed E-state index contributed by atoms with van der Waals surface area (Å²) >= 11 is 0. The Labute approximate surface area is 186 Å². The summed E-state index contributed by atoms with van der Waals surface area (Å²) in [5, 5.41) is 12.0. The lowest BCUT2D eigenvalue weighted by atomic mass is 10.1. The summed E-state index contributed by atoms with van der Waals surface area (Å²) in [6.45, 7) is 2.05. The highest BCUT2D eigenvalue weighted by atomic mass is 16.5. The first-order chi connectivity index (χ1) is 15.6. The standard InChI is InChI=1S/C25H26N2O5/c28-22-7-3-4-8-23(22)32-18-25(30)27-14-12-26(13-15-27)24(29)11-16-31-21-10-9-19-5-1-2-6-20(19)17-21/h1-10,17,28H,11-16,18H2.